The molecule has 0 nitrogen and oxygen atoms in total. The molecule has 0 aliphatic heterocycles. The molecule has 2 aromatic carbocycles. The molecule has 0 N–H and O–H groups in total. The van der Waals surface area contributed by atoms with E-state index in [-0.39, 0.29) is 15.4 Å². The summed E-state index contributed by atoms with van der Waals surface area (Å²) < 4.78 is 2.99. The maximum atomic E-state index is 5.38. The third kappa shape index (κ3) is 16.2. The van der Waals surface area contributed by atoms with Gasteiger partial charge in [-0.3, -0.25) is 0 Å². The number of hydrogen-bond donors (Lipinski definition) is 0. The molecular formula is C16H22Cl2GeSi2. The topological polar surface area (TPSA) is 0 Å². The first-order chi connectivity index (χ1) is 9.91. The molecule has 112 valence electrons. The van der Waals surface area contributed by atoms with E-state index in [9.17, 15) is 0 Å². The van der Waals surface area contributed by atoms with Gasteiger partial charge in [-0.25, -0.2) is 0 Å². The summed E-state index contributed by atoms with van der Waals surface area (Å²) in [6, 6.07) is 21.5. The van der Waals surface area contributed by atoms with E-state index in [4.69, 9.17) is 22.2 Å². The van der Waals surface area contributed by atoms with Crippen molar-refractivity contribution in [3.8, 4) is 0 Å². The van der Waals surface area contributed by atoms with Crippen LogP contribution in [0, 0.1) is 0 Å². The predicted octanol–water partition coefficient (Wildman–Crippen LogP) is 4.29. The van der Waals surface area contributed by atoms with Crippen LogP contribution in [0.1, 0.15) is 0 Å². The molecule has 0 bridgehead atoms. The second-order valence-corrected chi connectivity index (χ2v) is 15.6. The average Bonchev–Trinajstić information content (AvgIpc) is 2.40. The molecule has 5 heteroatoms. The molecule has 2 rings (SSSR count). The zero-order valence-corrected chi connectivity index (χ0v) is 18.6. The third-order valence-corrected chi connectivity index (χ3v) is 4.45. The van der Waals surface area contributed by atoms with Crippen molar-refractivity contribution >= 4 is 62.6 Å². The van der Waals surface area contributed by atoms with Crippen molar-refractivity contribution in [2.45, 2.75) is 26.2 Å². The Labute approximate surface area is 149 Å². The summed E-state index contributed by atoms with van der Waals surface area (Å²) >= 11 is 10.6. The van der Waals surface area contributed by atoms with Gasteiger partial charge in [0.1, 0.15) is 0 Å². The SMILES string of the molecule is C[Si](C)Cl.C[Si](C)Cl.c1cc[c]([Ge][c]2ccccc2)cc1. The predicted molar refractivity (Wildman–Crippen MR) is 105 cm³/mol. The van der Waals surface area contributed by atoms with Crippen LogP contribution < -0.4 is 8.79 Å². The van der Waals surface area contributed by atoms with Gasteiger partial charge in [0.15, 0.2) is 16.2 Å². The number of hydrogen-bond acceptors (Lipinski definition) is 0. The van der Waals surface area contributed by atoms with Crippen molar-refractivity contribution in [3.05, 3.63) is 60.7 Å². The minimum absolute atomic E-state index is 0.108. The molecule has 0 atom stereocenters. The van der Waals surface area contributed by atoms with Crippen LogP contribution in [0.5, 0.6) is 0 Å². The molecule has 4 radical (unpaired) electrons. The summed E-state index contributed by atoms with van der Waals surface area (Å²) in [6.07, 6.45) is 0. The van der Waals surface area contributed by atoms with Gasteiger partial charge in [-0.15, -0.1) is 0 Å². The van der Waals surface area contributed by atoms with Crippen LogP contribution in [0.2, 0.25) is 26.2 Å². The summed E-state index contributed by atoms with van der Waals surface area (Å²) in [4.78, 5) is 0. The van der Waals surface area contributed by atoms with Gasteiger partial charge >= 0.3 is 84.9 Å². The van der Waals surface area contributed by atoms with Crippen LogP contribution in [0.3, 0.4) is 0 Å². The first kappa shape index (κ1) is 21.0. The Morgan fingerprint density at radius 1 is 0.619 bits per heavy atom. The van der Waals surface area contributed by atoms with Gasteiger partial charge in [0.05, 0.1) is 0 Å². The Morgan fingerprint density at radius 2 is 0.857 bits per heavy atom. The molecule has 0 aliphatic rings. The van der Waals surface area contributed by atoms with Gasteiger partial charge < -0.3 is 0 Å². The van der Waals surface area contributed by atoms with E-state index in [0.29, 0.717) is 0 Å². The van der Waals surface area contributed by atoms with Crippen LogP contribution in [0.25, 0.3) is 0 Å². The average molecular weight is 414 g/mol. The van der Waals surface area contributed by atoms with Gasteiger partial charge in [-0.2, -0.15) is 22.2 Å². The quantitative estimate of drug-likeness (QED) is 0.508. The van der Waals surface area contributed by atoms with Crippen LogP contribution in [0.15, 0.2) is 60.7 Å². The van der Waals surface area contributed by atoms with Gasteiger partial charge in [0, 0.05) is 0 Å². The molecule has 2 aromatic rings. The molecule has 0 amide bonds. The van der Waals surface area contributed by atoms with Crippen molar-refractivity contribution in [1.29, 1.82) is 0 Å². The van der Waals surface area contributed by atoms with Crippen molar-refractivity contribution in [2.24, 2.45) is 0 Å². The van der Waals surface area contributed by atoms with E-state index in [1.807, 2.05) is 26.2 Å². The summed E-state index contributed by atoms with van der Waals surface area (Å²) in [5.74, 6) is 0. The second-order valence-electron chi connectivity index (χ2n) is 4.61. The zero-order chi connectivity index (χ0) is 16.1. The van der Waals surface area contributed by atoms with Crippen LogP contribution in [-0.4, -0.2) is 31.6 Å². The van der Waals surface area contributed by atoms with Gasteiger partial charge in [0.25, 0.3) is 0 Å². The Hall–Kier alpha value is -0.00338. The van der Waals surface area contributed by atoms with E-state index in [0.717, 1.165) is 0 Å². The second kappa shape index (κ2) is 13.6. The summed E-state index contributed by atoms with van der Waals surface area (Å²) in [5.41, 5.74) is 0. The fourth-order valence-electron chi connectivity index (χ4n) is 1.21. The van der Waals surface area contributed by atoms with Crippen LogP contribution in [-0.2, 0) is 0 Å². The first-order valence-corrected chi connectivity index (χ1v) is 15.8. The van der Waals surface area contributed by atoms with E-state index in [1.54, 1.807) is 0 Å². The van der Waals surface area contributed by atoms with Crippen LogP contribution >= 0.6 is 22.2 Å². The molecule has 0 saturated heterocycles. The van der Waals surface area contributed by atoms with E-state index in [1.165, 1.54) is 8.79 Å². The number of halogens is 2. The molecule has 0 aromatic heterocycles. The molecule has 21 heavy (non-hydrogen) atoms. The minimum atomic E-state index is -0.407. The number of rotatable bonds is 2. The summed E-state index contributed by atoms with van der Waals surface area (Å²) in [6.45, 7) is 8.14. The molecule has 0 heterocycles. The third-order valence-electron chi connectivity index (χ3n) is 1.84. The fourth-order valence-corrected chi connectivity index (χ4v) is 3.42. The van der Waals surface area contributed by atoms with Crippen molar-refractivity contribution in [3.63, 3.8) is 0 Å². The molecule has 0 saturated carbocycles. The Kier molecular flexibility index (Phi) is 13.6. The fraction of sp³-hybridized carbons (Fsp3) is 0.250. The maximum absolute atomic E-state index is 5.38. The Bertz CT molecular complexity index is 401. The zero-order valence-electron chi connectivity index (χ0n) is 13.0. The molecule has 0 fully saturated rings. The Balaban J connectivity index is 0.000000421. The molecular weight excluding hydrogens is 392 g/mol. The van der Waals surface area contributed by atoms with Crippen molar-refractivity contribution in [1.82, 2.24) is 0 Å². The van der Waals surface area contributed by atoms with Gasteiger partial charge in [0.2, 0.25) is 0 Å². The normalized spacial score (nSPS) is 9.52. The first-order valence-electron chi connectivity index (χ1n) is 6.70. The number of benzene rings is 2. The van der Waals surface area contributed by atoms with Crippen molar-refractivity contribution < 1.29 is 0 Å². The molecule has 0 aliphatic carbocycles. The summed E-state index contributed by atoms with van der Waals surface area (Å²) in [7, 11) is -0.815. The van der Waals surface area contributed by atoms with E-state index >= 15 is 0 Å². The molecule has 0 spiro atoms. The van der Waals surface area contributed by atoms with Gasteiger partial charge in [-0.1, -0.05) is 26.2 Å². The monoisotopic (exact) mass is 414 g/mol. The Morgan fingerprint density at radius 3 is 1.10 bits per heavy atom. The van der Waals surface area contributed by atoms with Crippen LogP contribution in [0.4, 0.5) is 0 Å². The van der Waals surface area contributed by atoms with E-state index in [2.05, 4.69) is 60.7 Å². The standard InChI is InChI=1S/C12H10Ge.2C2H6ClSi/c1-3-7-11(8-4-1)13-12-9-5-2-6-10-12;2*1-4(2)3/h1-10H;2*1-2H3. The molecule has 0 unspecified atom stereocenters. The van der Waals surface area contributed by atoms with E-state index < -0.39 is 16.2 Å². The summed E-state index contributed by atoms with van der Waals surface area (Å²) in [5, 5.41) is 0. The van der Waals surface area contributed by atoms with Crippen molar-refractivity contribution in [2.75, 3.05) is 0 Å². The van der Waals surface area contributed by atoms with Gasteiger partial charge in [-0.05, 0) is 0 Å².